The van der Waals surface area contributed by atoms with Crippen molar-refractivity contribution in [2.45, 2.75) is 13.3 Å². The van der Waals surface area contributed by atoms with Gasteiger partial charge < -0.3 is 15.0 Å². The predicted octanol–water partition coefficient (Wildman–Crippen LogP) is 1.32. The summed E-state index contributed by atoms with van der Waals surface area (Å²) in [6.45, 7) is 2.78. The van der Waals surface area contributed by atoms with E-state index >= 15 is 0 Å². The largest absolute Gasteiger partial charge is 0.383 e. The van der Waals surface area contributed by atoms with E-state index in [9.17, 15) is 14.4 Å². The van der Waals surface area contributed by atoms with Gasteiger partial charge >= 0.3 is 0 Å². The zero-order valence-corrected chi connectivity index (χ0v) is 12.8. The molecular weight excluding hydrogens is 284 g/mol. The van der Waals surface area contributed by atoms with Crippen molar-refractivity contribution < 1.29 is 19.1 Å². The Morgan fingerprint density at radius 3 is 2.77 bits per heavy atom. The van der Waals surface area contributed by atoms with E-state index in [1.807, 2.05) is 0 Å². The third kappa shape index (κ3) is 3.71. The molecule has 6 heteroatoms. The number of hydrogen-bond donors (Lipinski definition) is 1. The van der Waals surface area contributed by atoms with Crippen LogP contribution in [-0.4, -0.2) is 49.3 Å². The third-order valence-corrected chi connectivity index (χ3v) is 3.71. The molecule has 1 fully saturated rings. The molecule has 1 atom stereocenters. The fourth-order valence-corrected chi connectivity index (χ4v) is 2.50. The van der Waals surface area contributed by atoms with Gasteiger partial charge in [0.05, 0.1) is 18.2 Å². The molecule has 1 saturated heterocycles. The number of carbonyl (C=O) groups excluding carboxylic acids is 3. The van der Waals surface area contributed by atoms with Gasteiger partial charge in [-0.2, -0.15) is 0 Å². The maximum atomic E-state index is 12.3. The summed E-state index contributed by atoms with van der Waals surface area (Å²) in [5.41, 5.74) is 0.958. The highest BCUT2D eigenvalue weighted by atomic mass is 16.5. The van der Waals surface area contributed by atoms with Crippen molar-refractivity contribution in [1.29, 1.82) is 0 Å². The molecule has 0 saturated carbocycles. The first-order chi connectivity index (χ1) is 10.5. The maximum Gasteiger partial charge on any atom is 0.229 e. The van der Waals surface area contributed by atoms with Gasteiger partial charge in [-0.15, -0.1) is 0 Å². The average molecular weight is 304 g/mol. The Morgan fingerprint density at radius 1 is 1.36 bits per heavy atom. The number of ether oxygens (including phenoxy) is 1. The Balaban J connectivity index is 2.02. The van der Waals surface area contributed by atoms with Crippen LogP contribution in [0.4, 0.5) is 5.69 Å². The second-order valence-electron chi connectivity index (χ2n) is 5.32. The summed E-state index contributed by atoms with van der Waals surface area (Å²) in [5.74, 6) is -0.788. The standard InChI is InChI=1S/C16H20N2O4/c1-11(19)13-5-3-4-6-14(13)17-16(21)12-9-15(20)18(10-12)7-8-22-2/h3-6,12H,7-10H2,1-2H3,(H,17,21). The van der Waals surface area contributed by atoms with Crippen LogP contribution < -0.4 is 5.32 Å². The fourth-order valence-electron chi connectivity index (χ4n) is 2.50. The van der Waals surface area contributed by atoms with Crippen LogP contribution in [0, 0.1) is 5.92 Å². The number of anilines is 1. The molecule has 0 spiro atoms. The van der Waals surface area contributed by atoms with E-state index in [1.165, 1.54) is 6.92 Å². The second-order valence-corrected chi connectivity index (χ2v) is 5.32. The van der Waals surface area contributed by atoms with E-state index in [0.717, 1.165) is 0 Å². The number of likely N-dealkylation sites (tertiary alicyclic amines) is 1. The number of rotatable bonds is 6. The first kappa shape index (κ1) is 16.2. The van der Waals surface area contributed by atoms with Gasteiger partial charge in [0.15, 0.2) is 5.78 Å². The van der Waals surface area contributed by atoms with Gasteiger partial charge in [-0.3, -0.25) is 14.4 Å². The molecule has 0 aliphatic carbocycles. The summed E-state index contributed by atoms with van der Waals surface area (Å²) in [4.78, 5) is 37.4. The van der Waals surface area contributed by atoms with Crippen molar-refractivity contribution in [2.75, 3.05) is 32.1 Å². The van der Waals surface area contributed by atoms with E-state index in [0.29, 0.717) is 30.9 Å². The topological polar surface area (TPSA) is 75.7 Å². The number of carbonyl (C=O) groups is 3. The molecule has 1 heterocycles. The molecule has 22 heavy (non-hydrogen) atoms. The molecule has 1 aliphatic rings. The molecule has 0 aromatic heterocycles. The number of para-hydroxylation sites is 1. The second kappa shape index (κ2) is 7.17. The average Bonchev–Trinajstić information content (AvgIpc) is 2.86. The van der Waals surface area contributed by atoms with Crippen molar-refractivity contribution in [3.63, 3.8) is 0 Å². The van der Waals surface area contributed by atoms with Gasteiger partial charge in [-0.25, -0.2) is 0 Å². The van der Waals surface area contributed by atoms with Crippen molar-refractivity contribution >= 4 is 23.3 Å². The minimum Gasteiger partial charge on any atom is -0.383 e. The number of ketones is 1. The van der Waals surface area contributed by atoms with Gasteiger partial charge in [-0.05, 0) is 19.1 Å². The molecule has 2 rings (SSSR count). The Hall–Kier alpha value is -2.21. The Labute approximate surface area is 129 Å². The van der Waals surface area contributed by atoms with Crippen LogP contribution in [-0.2, 0) is 14.3 Å². The van der Waals surface area contributed by atoms with Crippen molar-refractivity contribution in [3.8, 4) is 0 Å². The lowest BCUT2D eigenvalue weighted by molar-refractivity contribution is -0.128. The summed E-state index contributed by atoms with van der Waals surface area (Å²) in [6, 6.07) is 6.86. The summed E-state index contributed by atoms with van der Waals surface area (Å²) < 4.78 is 4.95. The normalized spacial score (nSPS) is 17.6. The first-order valence-electron chi connectivity index (χ1n) is 7.20. The summed E-state index contributed by atoms with van der Waals surface area (Å²) in [5, 5.41) is 2.76. The molecular formula is C16H20N2O4. The van der Waals surface area contributed by atoms with Gasteiger partial charge in [0.2, 0.25) is 11.8 Å². The summed E-state index contributed by atoms with van der Waals surface area (Å²) in [7, 11) is 1.57. The highest BCUT2D eigenvalue weighted by molar-refractivity contribution is 6.05. The summed E-state index contributed by atoms with van der Waals surface area (Å²) in [6.07, 6.45) is 0.192. The lowest BCUT2D eigenvalue weighted by Crippen LogP contribution is -2.31. The van der Waals surface area contributed by atoms with Crippen molar-refractivity contribution in [2.24, 2.45) is 5.92 Å². The SMILES string of the molecule is COCCN1CC(C(=O)Nc2ccccc2C(C)=O)CC1=O. The first-order valence-corrected chi connectivity index (χ1v) is 7.20. The Bertz CT molecular complexity index is 585. The van der Waals surface area contributed by atoms with Gasteiger partial charge in [0, 0.05) is 32.2 Å². The van der Waals surface area contributed by atoms with Gasteiger partial charge in [-0.1, -0.05) is 12.1 Å². The highest BCUT2D eigenvalue weighted by Crippen LogP contribution is 2.21. The highest BCUT2D eigenvalue weighted by Gasteiger charge is 2.34. The number of benzene rings is 1. The number of amides is 2. The number of hydrogen-bond acceptors (Lipinski definition) is 4. The van der Waals surface area contributed by atoms with Gasteiger partial charge in [0.1, 0.15) is 0 Å². The maximum absolute atomic E-state index is 12.3. The molecule has 1 aromatic rings. The molecule has 1 unspecified atom stereocenters. The monoisotopic (exact) mass is 304 g/mol. The predicted molar refractivity (Wildman–Crippen MR) is 81.6 cm³/mol. The molecule has 118 valence electrons. The number of nitrogens with one attached hydrogen (secondary N) is 1. The van der Waals surface area contributed by atoms with Crippen molar-refractivity contribution in [3.05, 3.63) is 29.8 Å². The molecule has 1 aliphatic heterocycles. The van der Waals surface area contributed by atoms with Crippen LogP contribution in [0.5, 0.6) is 0 Å². The van der Waals surface area contributed by atoms with Gasteiger partial charge in [0.25, 0.3) is 0 Å². The van der Waals surface area contributed by atoms with Crippen LogP contribution >= 0.6 is 0 Å². The van der Waals surface area contributed by atoms with Crippen LogP contribution in [0.2, 0.25) is 0 Å². The zero-order valence-electron chi connectivity index (χ0n) is 12.8. The Morgan fingerprint density at radius 2 is 2.09 bits per heavy atom. The van der Waals surface area contributed by atoms with E-state index in [1.54, 1.807) is 36.3 Å². The van der Waals surface area contributed by atoms with E-state index in [4.69, 9.17) is 4.74 Å². The molecule has 2 amide bonds. The van der Waals surface area contributed by atoms with Crippen LogP contribution in [0.15, 0.2) is 24.3 Å². The molecule has 1 aromatic carbocycles. The zero-order chi connectivity index (χ0) is 16.1. The molecule has 0 radical (unpaired) electrons. The molecule has 6 nitrogen and oxygen atoms in total. The van der Waals surface area contributed by atoms with E-state index < -0.39 is 5.92 Å². The quantitative estimate of drug-likeness (QED) is 0.804. The molecule has 0 bridgehead atoms. The smallest absolute Gasteiger partial charge is 0.229 e. The number of methoxy groups -OCH3 is 1. The van der Waals surface area contributed by atoms with Crippen LogP contribution in [0.1, 0.15) is 23.7 Å². The summed E-state index contributed by atoms with van der Waals surface area (Å²) >= 11 is 0. The minimum atomic E-state index is -0.399. The number of Topliss-reactive ketones (excluding diaryl/α,β-unsaturated/α-hetero) is 1. The van der Waals surface area contributed by atoms with Crippen molar-refractivity contribution in [1.82, 2.24) is 4.90 Å². The fraction of sp³-hybridized carbons (Fsp3) is 0.438. The third-order valence-electron chi connectivity index (χ3n) is 3.71. The van der Waals surface area contributed by atoms with Crippen LogP contribution in [0.25, 0.3) is 0 Å². The molecule has 1 N–H and O–H groups in total. The van der Waals surface area contributed by atoms with E-state index in [-0.39, 0.29) is 24.0 Å². The Kier molecular flexibility index (Phi) is 5.27. The lowest BCUT2D eigenvalue weighted by atomic mass is 10.1. The van der Waals surface area contributed by atoms with E-state index in [2.05, 4.69) is 5.32 Å². The van der Waals surface area contributed by atoms with Crippen LogP contribution in [0.3, 0.4) is 0 Å². The minimum absolute atomic E-state index is 0.0444. The number of nitrogens with zero attached hydrogens (tertiary/aromatic N) is 1. The lowest BCUT2D eigenvalue weighted by Gasteiger charge is -2.16.